The summed E-state index contributed by atoms with van der Waals surface area (Å²) in [7, 11) is 0. The van der Waals surface area contributed by atoms with E-state index in [2.05, 4.69) is 6.58 Å². The van der Waals surface area contributed by atoms with Crippen LogP contribution >= 0.6 is 0 Å². The Morgan fingerprint density at radius 3 is 1.81 bits per heavy atom. The van der Waals surface area contributed by atoms with Crippen molar-refractivity contribution >= 4 is 23.9 Å². The second-order valence-electron chi connectivity index (χ2n) is 5.37. The third kappa shape index (κ3) is 6.36. The lowest BCUT2D eigenvalue weighted by molar-refractivity contribution is -0.297. The van der Waals surface area contributed by atoms with E-state index in [0.29, 0.717) is 0 Å². The Morgan fingerprint density at radius 2 is 1.35 bits per heavy atom. The molecule has 26 heavy (non-hydrogen) atoms. The topological polar surface area (TPSA) is 124 Å². The number of esters is 4. The van der Waals surface area contributed by atoms with Gasteiger partial charge in [-0.2, -0.15) is 0 Å². The smallest absolute Gasteiger partial charge is 0.303 e. The van der Waals surface area contributed by atoms with E-state index in [1.165, 1.54) is 6.92 Å². The molecule has 1 rings (SSSR count). The third-order valence-electron chi connectivity index (χ3n) is 3.18. The van der Waals surface area contributed by atoms with Gasteiger partial charge in [-0.15, -0.1) is 0 Å². The summed E-state index contributed by atoms with van der Waals surface area (Å²) in [6.07, 6.45) is -4.92. The van der Waals surface area contributed by atoms with Crippen LogP contribution in [-0.4, -0.2) is 61.2 Å². The van der Waals surface area contributed by atoms with E-state index in [1.54, 1.807) is 0 Å². The summed E-state index contributed by atoms with van der Waals surface area (Å²) < 4.78 is 31.2. The molecule has 0 aliphatic carbocycles. The third-order valence-corrected chi connectivity index (χ3v) is 3.18. The zero-order valence-electron chi connectivity index (χ0n) is 15.0. The number of carbonyl (C=O) groups is 4. The fourth-order valence-corrected chi connectivity index (χ4v) is 2.39. The SMILES string of the molecule is C=CO[C@@H]1O[C@H](COC(C)=O)[C@H](OC(C)=O)[C@H](OC(C)=O)[C@H]1OC(C)=O. The van der Waals surface area contributed by atoms with Crippen molar-refractivity contribution in [3.8, 4) is 0 Å². The van der Waals surface area contributed by atoms with Crippen molar-refractivity contribution in [1.82, 2.24) is 0 Å². The van der Waals surface area contributed by atoms with Gasteiger partial charge >= 0.3 is 23.9 Å². The van der Waals surface area contributed by atoms with Gasteiger partial charge < -0.3 is 28.4 Å². The molecule has 146 valence electrons. The molecule has 10 heteroatoms. The van der Waals surface area contributed by atoms with Gasteiger partial charge in [-0.05, 0) is 0 Å². The lowest BCUT2D eigenvalue weighted by atomic mass is 9.98. The molecule has 0 aromatic carbocycles. The van der Waals surface area contributed by atoms with Gasteiger partial charge in [-0.3, -0.25) is 19.2 Å². The molecule has 0 N–H and O–H groups in total. The van der Waals surface area contributed by atoms with Crippen molar-refractivity contribution in [2.24, 2.45) is 0 Å². The molecule has 10 nitrogen and oxygen atoms in total. The highest BCUT2D eigenvalue weighted by molar-refractivity contribution is 5.68. The summed E-state index contributed by atoms with van der Waals surface area (Å²) in [5.41, 5.74) is 0. The van der Waals surface area contributed by atoms with Crippen LogP contribution in [0.3, 0.4) is 0 Å². The van der Waals surface area contributed by atoms with Crippen molar-refractivity contribution in [2.45, 2.75) is 58.4 Å². The first-order chi connectivity index (χ1) is 12.1. The van der Waals surface area contributed by atoms with Crippen LogP contribution in [0.5, 0.6) is 0 Å². The van der Waals surface area contributed by atoms with Gasteiger partial charge in [-0.1, -0.05) is 6.58 Å². The minimum atomic E-state index is -1.25. The van der Waals surface area contributed by atoms with E-state index < -0.39 is 54.6 Å². The lowest BCUT2D eigenvalue weighted by Gasteiger charge is -2.43. The summed E-state index contributed by atoms with van der Waals surface area (Å²) in [6.45, 7) is 7.69. The molecule has 0 bridgehead atoms. The van der Waals surface area contributed by atoms with Crippen LogP contribution in [0.4, 0.5) is 0 Å². The average molecular weight is 374 g/mol. The van der Waals surface area contributed by atoms with E-state index in [4.69, 9.17) is 28.4 Å². The fraction of sp³-hybridized carbons (Fsp3) is 0.625. The summed E-state index contributed by atoms with van der Waals surface area (Å²) in [5.74, 6) is -2.71. The maximum absolute atomic E-state index is 11.5. The molecule has 5 atom stereocenters. The zero-order valence-corrected chi connectivity index (χ0v) is 15.0. The predicted octanol–water partition coefficient (Wildman–Crippen LogP) is 0.230. The van der Waals surface area contributed by atoms with Crippen LogP contribution < -0.4 is 0 Å². The van der Waals surface area contributed by atoms with E-state index >= 15 is 0 Å². The maximum Gasteiger partial charge on any atom is 0.303 e. The van der Waals surface area contributed by atoms with Crippen LogP contribution in [0.2, 0.25) is 0 Å². The number of hydrogen-bond acceptors (Lipinski definition) is 10. The Balaban J connectivity index is 3.24. The molecule has 1 aliphatic rings. The first kappa shape index (κ1) is 21.4. The molecule has 1 heterocycles. The number of ether oxygens (including phenoxy) is 6. The Kier molecular flexibility index (Phi) is 8.04. The normalized spacial score (nSPS) is 27.6. The van der Waals surface area contributed by atoms with Gasteiger partial charge in [0.25, 0.3) is 0 Å². The van der Waals surface area contributed by atoms with Crippen molar-refractivity contribution < 1.29 is 47.6 Å². The van der Waals surface area contributed by atoms with Crippen LogP contribution in [0.15, 0.2) is 12.8 Å². The Bertz CT molecular complexity index is 557. The fourth-order valence-electron chi connectivity index (χ4n) is 2.39. The summed E-state index contributed by atoms with van der Waals surface area (Å²) in [5, 5.41) is 0. The molecule has 0 amide bonds. The number of hydrogen-bond donors (Lipinski definition) is 0. The average Bonchev–Trinajstić information content (AvgIpc) is 2.50. The van der Waals surface area contributed by atoms with Crippen LogP contribution in [0, 0.1) is 0 Å². The Morgan fingerprint density at radius 1 is 0.846 bits per heavy atom. The molecule has 1 fully saturated rings. The molecule has 0 aromatic heterocycles. The second kappa shape index (κ2) is 9.76. The molecular formula is C16H22O10. The predicted molar refractivity (Wildman–Crippen MR) is 83.2 cm³/mol. The molecule has 0 saturated carbocycles. The minimum Gasteiger partial charge on any atom is -0.469 e. The Hall–Kier alpha value is -2.62. The number of rotatable bonds is 7. The van der Waals surface area contributed by atoms with Gasteiger partial charge in [0.1, 0.15) is 12.7 Å². The molecular weight excluding hydrogens is 352 g/mol. The van der Waals surface area contributed by atoms with Crippen molar-refractivity contribution in [2.75, 3.05) is 6.61 Å². The molecule has 0 radical (unpaired) electrons. The van der Waals surface area contributed by atoms with Crippen molar-refractivity contribution in [1.29, 1.82) is 0 Å². The van der Waals surface area contributed by atoms with E-state index in [-0.39, 0.29) is 6.61 Å². The summed E-state index contributed by atoms with van der Waals surface area (Å²) in [6, 6.07) is 0. The molecule has 0 spiro atoms. The van der Waals surface area contributed by atoms with Gasteiger partial charge in [-0.25, -0.2) is 0 Å². The zero-order chi connectivity index (χ0) is 19.9. The molecule has 1 saturated heterocycles. The Labute approximate surface area is 150 Å². The maximum atomic E-state index is 11.5. The van der Waals surface area contributed by atoms with Crippen molar-refractivity contribution in [3.05, 3.63) is 12.8 Å². The summed E-state index contributed by atoms with van der Waals surface area (Å²) in [4.78, 5) is 45.5. The minimum absolute atomic E-state index is 0.311. The van der Waals surface area contributed by atoms with Crippen LogP contribution in [0.25, 0.3) is 0 Å². The van der Waals surface area contributed by atoms with Crippen molar-refractivity contribution in [3.63, 3.8) is 0 Å². The first-order valence-corrected chi connectivity index (χ1v) is 7.72. The molecule has 0 unspecified atom stereocenters. The highest BCUT2D eigenvalue weighted by atomic mass is 16.7. The molecule has 0 aromatic rings. The van der Waals surface area contributed by atoms with Gasteiger partial charge in [0.05, 0.1) is 6.26 Å². The highest BCUT2D eigenvalue weighted by Gasteiger charge is 2.53. The standard InChI is InChI=1S/C16H22O10/c1-6-21-16-15(25-11(5)20)14(24-10(4)19)13(23-9(3)18)12(26-16)7-22-8(2)17/h6,12-16H,1,7H2,2-5H3/t12-,13+,14+,15-,16-/m1/s1. The molecule has 1 aliphatic heterocycles. The number of carbonyl (C=O) groups excluding carboxylic acids is 4. The monoisotopic (exact) mass is 374 g/mol. The first-order valence-electron chi connectivity index (χ1n) is 7.72. The van der Waals surface area contributed by atoms with E-state index in [9.17, 15) is 19.2 Å². The van der Waals surface area contributed by atoms with Crippen LogP contribution in [-0.2, 0) is 47.6 Å². The van der Waals surface area contributed by atoms with E-state index in [1.807, 2.05) is 0 Å². The second-order valence-corrected chi connectivity index (χ2v) is 5.37. The highest BCUT2D eigenvalue weighted by Crippen LogP contribution is 2.29. The van der Waals surface area contributed by atoms with E-state index in [0.717, 1.165) is 27.0 Å². The van der Waals surface area contributed by atoms with Gasteiger partial charge in [0.15, 0.2) is 12.2 Å². The lowest BCUT2D eigenvalue weighted by Crippen LogP contribution is -2.62. The van der Waals surface area contributed by atoms with Gasteiger partial charge in [0, 0.05) is 27.7 Å². The van der Waals surface area contributed by atoms with Gasteiger partial charge in [0.2, 0.25) is 12.4 Å². The van der Waals surface area contributed by atoms with Crippen LogP contribution in [0.1, 0.15) is 27.7 Å². The summed E-state index contributed by atoms with van der Waals surface area (Å²) >= 11 is 0. The largest absolute Gasteiger partial charge is 0.469 e. The quantitative estimate of drug-likeness (QED) is 0.347.